The molecule has 0 heterocycles. The molecule has 0 aliphatic rings. The first-order valence-corrected chi connectivity index (χ1v) is 6.66. The first-order chi connectivity index (χ1) is 8.55. The average Bonchev–Trinajstić information content (AvgIpc) is 2.15. The molecule has 0 aromatic heterocycles. The van der Waals surface area contributed by atoms with Crippen LogP contribution in [-0.2, 0) is 9.24 Å². The Bertz CT molecular complexity index is 557. The number of benzene rings is 1. The molecule has 1 amide bonds. The molecule has 0 aliphatic carbocycles. The van der Waals surface area contributed by atoms with Gasteiger partial charge in [-0.25, -0.2) is 9.52 Å². The number of carbonyl (C=O) groups excluding carboxylic acids is 1. The predicted molar refractivity (Wildman–Crippen MR) is 57.1 cm³/mol. The molecule has 11 heteroatoms. The molecule has 6 nitrogen and oxygen atoms in total. The summed E-state index contributed by atoms with van der Waals surface area (Å²) in [6, 6.07) is 3.71. The van der Waals surface area contributed by atoms with Crippen molar-refractivity contribution in [2.24, 2.45) is 0 Å². The van der Waals surface area contributed by atoms with Gasteiger partial charge in [0, 0.05) is 10.7 Å². The first-order valence-electron chi connectivity index (χ1n) is 4.35. The minimum atomic E-state index is -4.84. The number of rotatable bonds is 3. The summed E-state index contributed by atoms with van der Waals surface area (Å²) in [7, 11) is 0.406. The second-order valence-electron chi connectivity index (χ2n) is 2.95. The van der Waals surface area contributed by atoms with E-state index in [4.69, 9.17) is 10.7 Å². The molecule has 0 atom stereocenters. The molecule has 0 aliphatic heterocycles. The van der Waals surface area contributed by atoms with E-state index >= 15 is 0 Å². The van der Waals surface area contributed by atoms with Gasteiger partial charge >= 0.3 is 21.7 Å². The summed E-state index contributed by atoms with van der Waals surface area (Å²) in [5.74, 6) is -0.724. The van der Waals surface area contributed by atoms with Crippen LogP contribution < -0.4 is 14.2 Å². The zero-order valence-electron chi connectivity index (χ0n) is 8.77. The van der Waals surface area contributed by atoms with Gasteiger partial charge in [-0.1, -0.05) is 0 Å². The van der Waals surface area contributed by atoms with E-state index in [2.05, 4.69) is 9.47 Å². The van der Waals surface area contributed by atoms with Gasteiger partial charge in [-0.2, -0.15) is 8.42 Å². The van der Waals surface area contributed by atoms with Gasteiger partial charge in [0.25, 0.3) is 0 Å². The van der Waals surface area contributed by atoms with Crippen molar-refractivity contribution in [3.05, 3.63) is 24.3 Å². The lowest BCUT2D eigenvalue weighted by molar-refractivity contribution is -0.274. The van der Waals surface area contributed by atoms with E-state index in [1.165, 1.54) is 4.72 Å². The Morgan fingerprint density at radius 3 is 2.05 bits per heavy atom. The lowest BCUT2D eigenvalue weighted by atomic mass is 10.3. The number of hydrogen-bond acceptors (Lipinski definition) is 5. The number of nitrogens with one attached hydrogen (secondary N) is 1. The molecule has 19 heavy (non-hydrogen) atoms. The lowest BCUT2D eigenvalue weighted by Gasteiger charge is -2.09. The molecule has 0 saturated heterocycles. The predicted octanol–water partition coefficient (Wildman–Crippen LogP) is 2.16. The van der Waals surface area contributed by atoms with Gasteiger partial charge in [-0.3, -0.25) is 0 Å². The highest BCUT2D eigenvalue weighted by atomic mass is 35.7. The third kappa shape index (κ3) is 6.72. The van der Waals surface area contributed by atoms with Crippen LogP contribution in [0.25, 0.3) is 0 Å². The maximum Gasteiger partial charge on any atom is 0.573 e. The van der Waals surface area contributed by atoms with E-state index in [1.54, 1.807) is 0 Å². The van der Waals surface area contributed by atoms with Crippen molar-refractivity contribution < 1.29 is 35.9 Å². The summed E-state index contributed by atoms with van der Waals surface area (Å²) < 4.78 is 65.7. The van der Waals surface area contributed by atoms with Crippen LogP contribution in [0.1, 0.15) is 0 Å². The third-order valence-electron chi connectivity index (χ3n) is 1.47. The quantitative estimate of drug-likeness (QED) is 0.863. The summed E-state index contributed by atoms with van der Waals surface area (Å²) >= 11 is 0. The summed E-state index contributed by atoms with van der Waals surface area (Å²) in [6.45, 7) is 0. The Kier molecular flexibility index (Phi) is 4.48. The van der Waals surface area contributed by atoms with E-state index in [0.29, 0.717) is 0 Å². The maximum atomic E-state index is 11.8. The Morgan fingerprint density at radius 2 is 1.63 bits per heavy atom. The number of hydrogen-bond donors (Lipinski definition) is 1. The highest BCUT2D eigenvalue weighted by molar-refractivity contribution is 8.12. The topological polar surface area (TPSA) is 81.7 Å². The fourth-order valence-electron chi connectivity index (χ4n) is 0.937. The van der Waals surface area contributed by atoms with E-state index in [9.17, 15) is 26.4 Å². The maximum absolute atomic E-state index is 11.8. The zero-order chi connectivity index (χ0) is 14.7. The minimum Gasteiger partial charge on any atom is -0.410 e. The van der Waals surface area contributed by atoms with Crippen LogP contribution in [0.15, 0.2) is 24.3 Å². The molecule has 1 N–H and O–H groups in total. The lowest BCUT2D eigenvalue weighted by Crippen LogP contribution is -2.29. The van der Waals surface area contributed by atoms with Crippen molar-refractivity contribution in [2.45, 2.75) is 6.36 Å². The van der Waals surface area contributed by atoms with Crippen molar-refractivity contribution in [3.63, 3.8) is 0 Å². The zero-order valence-corrected chi connectivity index (χ0v) is 10.3. The van der Waals surface area contributed by atoms with Crippen LogP contribution in [0.2, 0.25) is 0 Å². The molecule has 0 spiro atoms. The van der Waals surface area contributed by atoms with Crippen molar-refractivity contribution in [3.8, 4) is 11.5 Å². The molecule has 0 unspecified atom stereocenters. The Labute approximate surface area is 109 Å². The number of amides is 1. The van der Waals surface area contributed by atoms with E-state index in [-0.39, 0.29) is 5.75 Å². The van der Waals surface area contributed by atoms with Gasteiger partial charge in [0.2, 0.25) is 0 Å². The molecule has 1 rings (SSSR count). The molecule has 0 saturated carbocycles. The van der Waals surface area contributed by atoms with Crippen LogP contribution in [0.3, 0.4) is 0 Å². The largest absolute Gasteiger partial charge is 0.573 e. The van der Waals surface area contributed by atoms with Gasteiger partial charge < -0.3 is 9.47 Å². The molecule has 1 aromatic carbocycles. The molecule has 0 bridgehead atoms. The monoisotopic (exact) mass is 319 g/mol. The number of halogens is 4. The van der Waals surface area contributed by atoms with Crippen LogP contribution >= 0.6 is 10.7 Å². The second kappa shape index (κ2) is 5.53. The number of ether oxygens (including phenoxy) is 2. The summed E-state index contributed by atoms with van der Waals surface area (Å²) in [5, 5.41) is 0. The van der Waals surface area contributed by atoms with Gasteiger partial charge in [-0.05, 0) is 24.3 Å². The van der Waals surface area contributed by atoms with Crippen LogP contribution in [-0.4, -0.2) is 20.9 Å². The summed E-state index contributed by atoms with van der Waals surface area (Å²) in [5.41, 5.74) is 0. The Balaban J connectivity index is 2.65. The van der Waals surface area contributed by atoms with E-state index in [1.807, 2.05) is 0 Å². The minimum absolute atomic E-state index is 0.202. The van der Waals surface area contributed by atoms with Gasteiger partial charge in [0.1, 0.15) is 11.5 Å². The molecule has 0 fully saturated rings. The fraction of sp³-hybridized carbons (Fsp3) is 0.125. The fourth-order valence-corrected chi connectivity index (χ4v) is 1.37. The van der Waals surface area contributed by atoms with Crippen LogP contribution in [0, 0.1) is 0 Å². The highest BCUT2D eigenvalue weighted by Gasteiger charge is 2.31. The normalized spacial score (nSPS) is 11.8. The first kappa shape index (κ1) is 15.4. The summed E-state index contributed by atoms with van der Waals surface area (Å²) in [4.78, 5) is 10.9. The smallest absolute Gasteiger partial charge is 0.410 e. The van der Waals surface area contributed by atoms with E-state index in [0.717, 1.165) is 24.3 Å². The van der Waals surface area contributed by atoms with Gasteiger partial charge in [0.05, 0.1) is 0 Å². The molecule has 1 aromatic rings. The average molecular weight is 320 g/mol. The highest BCUT2D eigenvalue weighted by Crippen LogP contribution is 2.24. The third-order valence-corrected chi connectivity index (χ3v) is 2.12. The van der Waals surface area contributed by atoms with Gasteiger partial charge in [0.15, 0.2) is 0 Å². The standard InChI is InChI=1S/C8H5ClF3NO5S/c9-19(15,16)13-7(14)17-5-1-3-6(4-2-5)18-8(10,11)12/h1-4H,(H,13,14). The SMILES string of the molecule is O=C(NS(=O)(=O)Cl)Oc1ccc(OC(F)(F)F)cc1. The molecular formula is C8H5ClF3NO5S. The van der Waals surface area contributed by atoms with Crippen LogP contribution in [0.5, 0.6) is 11.5 Å². The Hall–Kier alpha value is -1.68. The van der Waals surface area contributed by atoms with Crippen molar-refractivity contribution in [1.82, 2.24) is 4.72 Å². The van der Waals surface area contributed by atoms with Crippen molar-refractivity contribution >= 4 is 26.0 Å². The van der Waals surface area contributed by atoms with Crippen LogP contribution in [0.4, 0.5) is 18.0 Å². The molecule has 0 radical (unpaired) electrons. The van der Waals surface area contributed by atoms with Crippen molar-refractivity contribution in [2.75, 3.05) is 0 Å². The Morgan fingerprint density at radius 1 is 1.16 bits per heavy atom. The van der Waals surface area contributed by atoms with Gasteiger partial charge in [-0.15, -0.1) is 13.2 Å². The second-order valence-corrected chi connectivity index (χ2v) is 5.25. The van der Waals surface area contributed by atoms with E-state index < -0.39 is 27.4 Å². The number of carbonyl (C=O) groups is 1. The molecule has 106 valence electrons. The molecular weight excluding hydrogens is 315 g/mol. The number of alkyl halides is 3. The summed E-state index contributed by atoms with van der Waals surface area (Å²) in [6.07, 6.45) is -6.24. The van der Waals surface area contributed by atoms with Crippen molar-refractivity contribution in [1.29, 1.82) is 0 Å².